The summed E-state index contributed by atoms with van der Waals surface area (Å²) in [6, 6.07) is 19.3. The molecule has 1 aliphatic rings. The first-order valence-corrected chi connectivity index (χ1v) is 11.4. The number of methoxy groups -OCH3 is 1. The van der Waals surface area contributed by atoms with Gasteiger partial charge in [-0.25, -0.2) is 9.18 Å². The van der Waals surface area contributed by atoms with E-state index in [-0.39, 0.29) is 11.8 Å². The molecular weight excluding hydrogens is 403 g/mol. The summed E-state index contributed by atoms with van der Waals surface area (Å²) in [4.78, 5) is 14.3. The van der Waals surface area contributed by atoms with Crippen molar-refractivity contribution in [1.82, 2.24) is 9.47 Å². The van der Waals surface area contributed by atoms with E-state index in [1.165, 1.54) is 62.6 Å². The number of hydrogen-bond acceptors (Lipinski definition) is 3. The SMILES string of the molecule is COC(=O)c1ccc(CN(Cc2cccn2Cc2ccc(F)cc2)C2CCCCC2)cc1. The van der Waals surface area contributed by atoms with Crippen molar-refractivity contribution in [2.75, 3.05) is 7.11 Å². The lowest BCUT2D eigenvalue weighted by atomic mass is 9.93. The Hall–Kier alpha value is -2.92. The van der Waals surface area contributed by atoms with Crippen LogP contribution in [0.25, 0.3) is 0 Å². The van der Waals surface area contributed by atoms with E-state index < -0.39 is 0 Å². The van der Waals surface area contributed by atoms with Gasteiger partial charge in [0.05, 0.1) is 12.7 Å². The fraction of sp³-hybridized carbons (Fsp3) is 0.370. The number of ether oxygens (including phenoxy) is 1. The van der Waals surface area contributed by atoms with Gasteiger partial charge in [0, 0.05) is 37.6 Å². The molecule has 1 aromatic heterocycles. The van der Waals surface area contributed by atoms with Crippen molar-refractivity contribution in [2.45, 2.75) is 57.8 Å². The number of nitrogens with zero attached hydrogens (tertiary/aromatic N) is 2. The molecule has 3 aromatic rings. The Balaban J connectivity index is 1.51. The monoisotopic (exact) mass is 434 g/mol. The lowest BCUT2D eigenvalue weighted by molar-refractivity contribution is 0.0600. The Morgan fingerprint density at radius 3 is 2.34 bits per heavy atom. The minimum atomic E-state index is -0.306. The third-order valence-electron chi connectivity index (χ3n) is 6.41. The smallest absolute Gasteiger partial charge is 0.337 e. The maximum absolute atomic E-state index is 13.3. The molecule has 0 N–H and O–H groups in total. The van der Waals surface area contributed by atoms with Crippen molar-refractivity contribution in [3.8, 4) is 0 Å². The van der Waals surface area contributed by atoms with E-state index in [0.29, 0.717) is 11.6 Å². The second-order valence-corrected chi connectivity index (χ2v) is 8.64. The first-order chi connectivity index (χ1) is 15.6. The number of benzene rings is 2. The number of carbonyl (C=O) groups excluding carboxylic acids is 1. The van der Waals surface area contributed by atoms with Crippen LogP contribution >= 0.6 is 0 Å². The first-order valence-electron chi connectivity index (χ1n) is 11.4. The molecular formula is C27H31FN2O2. The summed E-state index contributed by atoms with van der Waals surface area (Å²) in [7, 11) is 1.40. The Morgan fingerprint density at radius 1 is 0.969 bits per heavy atom. The minimum Gasteiger partial charge on any atom is -0.465 e. The average Bonchev–Trinajstić information content (AvgIpc) is 3.27. The van der Waals surface area contributed by atoms with E-state index in [4.69, 9.17) is 4.74 Å². The van der Waals surface area contributed by atoms with Gasteiger partial charge in [-0.05, 0) is 60.4 Å². The van der Waals surface area contributed by atoms with Crippen LogP contribution in [0.1, 0.15) is 59.3 Å². The Morgan fingerprint density at radius 2 is 1.66 bits per heavy atom. The van der Waals surface area contributed by atoms with Gasteiger partial charge in [-0.1, -0.05) is 43.5 Å². The fourth-order valence-corrected chi connectivity index (χ4v) is 4.60. The first kappa shape index (κ1) is 22.3. The second-order valence-electron chi connectivity index (χ2n) is 8.64. The van der Waals surface area contributed by atoms with Gasteiger partial charge in [-0.3, -0.25) is 4.90 Å². The third kappa shape index (κ3) is 5.65. The summed E-state index contributed by atoms with van der Waals surface area (Å²) in [5, 5.41) is 0. The van der Waals surface area contributed by atoms with Crippen molar-refractivity contribution < 1.29 is 13.9 Å². The third-order valence-corrected chi connectivity index (χ3v) is 6.41. The highest BCUT2D eigenvalue weighted by molar-refractivity contribution is 5.89. The zero-order valence-electron chi connectivity index (χ0n) is 18.7. The molecule has 168 valence electrons. The van der Waals surface area contributed by atoms with Crippen LogP contribution in [-0.2, 0) is 24.4 Å². The minimum absolute atomic E-state index is 0.205. The van der Waals surface area contributed by atoms with Crippen LogP contribution in [0.2, 0.25) is 0 Å². The maximum Gasteiger partial charge on any atom is 0.337 e. The van der Waals surface area contributed by atoms with Gasteiger partial charge >= 0.3 is 5.97 Å². The van der Waals surface area contributed by atoms with Crippen molar-refractivity contribution >= 4 is 5.97 Å². The van der Waals surface area contributed by atoms with Crippen LogP contribution in [0, 0.1) is 5.82 Å². The summed E-state index contributed by atoms with van der Waals surface area (Å²) >= 11 is 0. The highest BCUT2D eigenvalue weighted by Gasteiger charge is 2.22. The molecule has 0 saturated heterocycles. The predicted octanol–water partition coefficient (Wildman–Crippen LogP) is 5.80. The summed E-state index contributed by atoms with van der Waals surface area (Å²) in [5.41, 5.74) is 4.12. The molecule has 0 aliphatic heterocycles. The second kappa shape index (κ2) is 10.6. The van der Waals surface area contributed by atoms with E-state index in [0.717, 1.165) is 25.2 Å². The number of aromatic nitrogens is 1. The van der Waals surface area contributed by atoms with Gasteiger partial charge in [0.1, 0.15) is 5.82 Å². The van der Waals surface area contributed by atoms with Crippen molar-refractivity contribution in [1.29, 1.82) is 0 Å². The number of hydrogen-bond donors (Lipinski definition) is 0. The maximum atomic E-state index is 13.3. The molecule has 1 fully saturated rings. The molecule has 0 unspecified atom stereocenters. The van der Waals surface area contributed by atoms with E-state index in [1.807, 2.05) is 36.4 Å². The van der Waals surface area contributed by atoms with Crippen molar-refractivity contribution in [3.05, 3.63) is 95.1 Å². The standard InChI is InChI=1S/C27H31FN2O2/c1-32-27(31)23-13-9-21(10-14-23)19-30(25-6-3-2-4-7-25)20-26-8-5-17-29(26)18-22-11-15-24(28)16-12-22/h5,8-17,25H,2-4,6-7,18-20H2,1H3. The number of esters is 1. The summed E-state index contributed by atoms with van der Waals surface area (Å²) in [6.45, 7) is 2.43. The molecule has 1 aliphatic carbocycles. The van der Waals surface area contributed by atoms with Crippen LogP contribution in [-0.4, -0.2) is 28.6 Å². The van der Waals surface area contributed by atoms with Crippen LogP contribution < -0.4 is 0 Å². The molecule has 0 radical (unpaired) electrons. The quantitative estimate of drug-likeness (QED) is 0.421. The van der Waals surface area contributed by atoms with Crippen LogP contribution in [0.3, 0.4) is 0 Å². The molecule has 0 amide bonds. The van der Waals surface area contributed by atoms with E-state index in [2.05, 4.69) is 27.8 Å². The Kier molecular flexibility index (Phi) is 7.38. The predicted molar refractivity (Wildman–Crippen MR) is 124 cm³/mol. The van der Waals surface area contributed by atoms with E-state index >= 15 is 0 Å². The average molecular weight is 435 g/mol. The number of carbonyl (C=O) groups is 1. The molecule has 4 rings (SSSR count). The van der Waals surface area contributed by atoms with Gasteiger partial charge < -0.3 is 9.30 Å². The normalized spacial score (nSPS) is 14.6. The molecule has 4 nitrogen and oxygen atoms in total. The molecule has 1 heterocycles. The van der Waals surface area contributed by atoms with E-state index in [1.54, 1.807) is 0 Å². The molecule has 32 heavy (non-hydrogen) atoms. The lowest BCUT2D eigenvalue weighted by Gasteiger charge is -2.34. The number of halogens is 1. The highest BCUT2D eigenvalue weighted by atomic mass is 19.1. The largest absolute Gasteiger partial charge is 0.465 e. The Labute approximate surface area is 189 Å². The highest BCUT2D eigenvalue weighted by Crippen LogP contribution is 2.26. The van der Waals surface area contributed by atoms with Crippen LogP contribution in [0.4, 0.5) is 4.39 Å². The topological polar surface area (TPSA) is 34.5 Å². The lowest BCUT2D eigenvalue weighted by Crippen LogP contribution is -2.36. The molecule has 0 bridgehead atoms. The van der Waals surface area contributed by atoms with Crippen molar-refractivity contribution in [3.63, 3.8) is 0 Å². The fourth-order valence-electron chi connectivity index (χ4n) is 4.60. The molecule has 0 spiro atoms. The summed E-state index contributed by atoms with van der Waals surface area (Å²) < 4.78 is 20.4. The van der Waals surface area contributed by atoms with Gasteiger partial charge in [0.25, 0.3) is 0 Å². The van der Waals surface area contributed by atoms with Crippen LogP contribution in [0.15, 0.2) is 66.9 Å². The van der Waals surface area contributed by atoms with E-state index in [9.17, 15) is 9.18 Å². The Bertz CT molecular complexity index is 1000. The van der Waals surface area contributed by atoms with Gasteiger partial charge in [0.15, 0.2) is 0 Å². The molecule has 2 aromatic carbocycles. The van der Waals surface area contributed by atoms with Crippen molar-refractivity contribution in [2.24, 2.45) is 0 Å². The van der Waals surface area contributed by atoms with Gasteiger partial charge in [0.2, 0.25) is 0 Å². The number of rotatable bonds is 8. The zero-order valence-corrected chi connectivity index (χ0v) is 18.7. The van der Waals surface area contributed by atoms with Crippen LogP contribution in [0.5, 0.6) is 0 Å². The molecule has 0 atom stereocenters. The zero-order chi connectivity index (χ0) is 22.3. The molecule has 5 heteroatoms. The summed E-state index contributed by atoms with van der Waals surface area (Å²) in [6.07, 6.45) is 8.41. The van der Waals surface area contributed by atoms with Gasteiger partial charge in [-0.15, -0.1) is 0 Å². The summed E-state index contributed by atoms with van der Waals surface area (Å²) in [5.74, 6) is -0.512. The molecule has 1 saturated carbocycles. The van der Waals surface area contributed by atoms with Gasteiger partial charge in [-0.2, -0.15) is 0 Å².